The lowest BCUT2D eigenvalue weighted by atomic mass is 10.1. The highest BCUT2D eigenvalue weighted by atomic mass is 16.3. The maximum atomic E-state index is 9.90. The quantitative estimate of drug-likeness (QED) is 0.589. The number of hydrogen-bond acceptors (Lipinski definition) is 4. The topological polar surface area (TPSA) is 80.9 Å². The predicted molar refractivity (Wildman–Crippen MR) is 72.7 cm³/mol. The molecule has 4 nitrogen and oxygen atoms in total. The summed E-state index contributed by atoms with van der Waals surface area (Å²) in [6.07, 6.45) is 1.06. The van der Waals surface area contributed by atoms with Gasteiger partial charge in [0.2, 0.25) is 0 Å². The zero-order valence-electron chi connectivity index (χ0n) is 11.0. The van der Waals surface area contributed by atoms with Crippen LogP contribution in [0.15, 0.2) is 41.6 Å². The largest absolute Gasteiger partial charge is 0.508 e. The predicted octanol–water partition coefficient (Wildman–Crippen LogP) is 1.66. The normalized spacial score (nSPS) is 13.5. The van der Waals surface area contributed by atoms with E-state index in [2.05, 4.69) is 5.73 Å². The van der Waals surface area contributed by atoms with Gasteiger partial charge in [0.25, 0.3) is 0 Å². The number of benzene rings is 1. The monoisotopic (exact) mass is 264 g/mol. The molecule has 104 valence electrons. The summed E-state index contributed by atoms with van der Waals surface area (Å²) in [5, 5.41) is 37.0. The molecule has 1 aromatic carbocycles. The number of rotatable bonds is 6. The van der Waals surface area contributed by atoms with E-state index in [1.807, 2.05) is 6.92 Å². The van der Waals surface area contributed by atoms with Gasteiger partial charge in [0.05, 0.1) is 18.8 Å². The first-order valence-corrected chi connectivity index (χ1v) is 6.19. The van der Waals surface area contributed by atoms with Crippen LogP contribution in [0.4, 0.5) is 0 Å². The fourth-order valence-corrected chi connectivity index (χ4v) is 1.65. The Kier molecular flexibility index (Phi) is 6.33. The zero-order chi connectivity index (χ0) is 14.3. The van der Waals surface area contributed by atoms with Crippen LogP contribution in [-0.4, -0.2) is 33.1 Å². The van der Waals surface area contributed by atoms with Crippen LogP contribution in [0.5, 0.6) is 5.75 Å². The molecule has 19 heavy (non-hydrogen) atoms. The lowest BCUT2D eigenvalue weighted by Crippen LogP contribution is -2.11. The molecule has 0 radical (unpaired) electrons. The van der Waals surface area contributed by atoms with E-state index in [1.54, 1.807) is 18.2 Å². The third-order valence-corrected chi connectivity index (χ3v) is 2.72. The summed E-state index contributed by atoms with van der Waals surface area (Å²) in [6, 6.07) is 6.39. The van der Waals surface area contributed by atoms with E-state index < -0.39 is 12.2 Å². The van der Waals surface area contributed by atoms with Gasteiger partial charge in [-0.2, -0.15) is 0 Å². The van der Waals surface area contributed by atoms with Gasteiger partial charge in [0.1, 0.15) is 5.75 Å². The molecule has 0 spiro atoms. The lowest BCUT2D eigenvalue weighted by Gasteiger charge is -2.07. The summed E-state index contributed by atoms with van der Waals surface area (Å²) in [6.45, 7) is 1.54. The van der Waals surface area contributed by atoms with Gasteiger partial charge in [-0.25, -0.2) is 0 Å². The Bertz CT molecular complexity index is 444. The standard InChI is InChI=1S/C15H20O4/c1-11(9-14(18)10-16)3-2-4-15(19)12-5-7-13(17)8-6-12/h2,5-8,14-19H,4,9-10H2,1H3/t3?,14-,15-/m1/s1. The second-order valence-electron chi connectivity index (χ2n) is 4.51. The minimum absolute atomic E-state index is 0.167. The van der Waals surface area contributed by atoms with E-state index in [1.165, 1.54) is 12.1 Å². The smallest absolute Gasteiger partial charge is 0.115 e. The van der Waals surface area contributed by atoms with Crippen molar-refractivity contribution in [2.45, 2.75) is 32.0 Å². The Morgan fingerprint density at radius 3 is 2.47 bits per heavy atom. The van der Waals surface area contributed by atoms with E-state index in [-0.39, 0.29) is 12.4 Å². The highest BCUT2D eigenvalue weighted by Crippen LogP contribution is 2.19. The number of aliphatic hydroxyl groups is 3. The Labute approximate surface area is 113 Å². The molecular formula is C15H20O4. The van der Waals surface area contributed by atoms with E-state index in [0.29, 0.717) is 12.8 Å². The van der Waals surface area contributed by atoms with Crippen LogP contribution in [0.2, 0.25) is 0 Å². The molecule has 1 rings (SSSR count). The molecule has 0 saturated heterocycles. The van der Waals surface area contributed by atoms with Gasteiger partial charge in [-0.15, -0.1) is 5.73 Å². The highest BCUT2D eigenvalue weighted by molar-refractivity contribution is 5.27. The minimum Gasteiger partial charge on any atom is -0.508 e. The Hall–Kier alpha value is -1.58. The van der Waals surface area contributed by atoms with E-state index in [4.69, 9.17) is 10.2 Å². The maximum Gasteiger partial charge on any atom is 0.115 e. The minimum atomic E-state index is -0.761. The van der Waals surface area contributed by atoms with Crippen molar-refractivity contribution in [2.24, 2.45) is 0 Å². The lowest BCUT2D eigenvalue weighted by molar-refractivity contribution is 0.0955. The van der Waals surface area contributed by atoms with E-state index in [0.717, 1.165) is 11.1 Å². The number of phenols is 1. The Balaban J connectivity index is 2.55. The van der Waals surface area contributed by atoms with Crippen molar-refractivity contribution in [1.29, 1.82) is 0 Å². The average molecular weight is 264 g/mol. The van der Waals surface area contributed by atoms with Gasteiger partial charge >= 0.3 is 0 Å². The van der Waals surface area contributed by atoms with Crippen molar-refractivity contribution in [3.05, 3.63) is 47.2 Å². The van der Waals surface area contributed by atoms with Gasteiger partial charge in [-0.05, 0) is 36.3 Å². The van der Waals surface area contributed by atoms with Gasteiger partial charge in [-0.1, -0.05) is 12.1 Å². The molecule has 1 aromatic rings. The first kappa shape index (κ1) is 15.5. The fraction of sp³-hybridized carbons (Fsp3) is 0.400. The third-order valence-electron chi connectivity index (χ3n) is 2.72. The van der Waals surface area contributed by atoms with Gasteiger partial charge in [0.15, 0.2) is 0 Å². The van der Waals surface area contributed by atoms with Crippen molar-refractivity contribution in [3.8, 4) is 5.75 Å². The zero-order valence-corrected chi connectivity index (χ0v) is 11.0. The summed E-state index contributed by atoms with van der Waals surface area (Å²) < 4.78 is 0. The van der Waals surface area contributed by atoms with Crippen LogP contribution in [0, 0.1) is 0 Å². The van der Waals surface area contributed by atoms with Gasteiger partial charge in [0, 0.05) is 12.8 Å². The summed E-state index contributed by atoms with van der Waals surface area (Å²) in [5.74, 6) is 0.167. The first-order valence-electron chi connectivity index (χ1n) is 6.19. The van der Waals surface area contributed by atoms with Crippen molar-refractivity contribution in [1.82, 2.24) is 0 Å². The average Bonchev–Trinajstić information content (AvgIpc) is 2.39. The molecule has 0 aliphatic rings. The molecule has 0 heterocycles. The van der Waals surface area contributed by atoms with Crippen LogP contribution in [0.25, 0.3) is 0 Å². The van der Waals surface area contributed by atoms with Crippen molar-refractivity contribution < 1.29 is 20.4 Å². The Morgan fingerprint density at radius 1 is 1.26 bits per heavy atom. The SMILES string of the molecule is CC(=C=CC[C@@H](O)c1ccc(O)cc1)C[C@@H](O)CO. The van der Waals surface area contributed by atoms with Crippen molar-refractivity contribution in [2.75, 3.05) is 6.61 Å². The molecule has 0 unspecified atom stereocenters. The van der Waals surface area contributed by atoms with Crippen molar-refractivity contribution >= 4 is 0 Å². The third kappa shape index (κ3) is 5.73. The molecule has 0 aliphatic heterocycles. The number of aromatic hydroxyl groups is 1. The molecule has 2 atom stereocenters. The summed E-state index contributed by atoms with van der Waals surface area (Å²) in [4.78, 5) is 0. The molecule has 0 amide bonds. The molecule has 0 aromatic heterocycles. The Morgan fingerprint density at radius 2 is 1.89 bits per heavy atom. The summed E-state index contributed by atoms with van der Waals surface area (Å²) >= 11 is 0. The second-order valence-corrected chi connectivity index (χ2v) is 4.51. The summed E-state index contributed by atoms with van der Waals surface area (Å²) in [7, 11) is 0. The molecule has 0 fully saturated rings. The van der Waals surface area contributed by atoms with Crippen LogP contribution >= 0.6 is 0 Å². The molecule has 0 saturated carbocycles. The van der Waals surface area contributed by atoms with Gasteiger partial charge in [-0.3, -0.25) is 0 Å². The van der Waals surface area contributed by atoms with Crippen LogP contribution < -0.4 is 0 Å². The number of aliphatic hydroxyl groups excluding tert-OH is 3. The van der Waals surface area contributed by atoms with Gasteiger partial charge < -0.3 is 20.4 Å². The van der Waals surface area contributed by atoms with Crippen LogP contribution in [0.1, 0.15) is 31.4 Å². The van der Waals surface area contributed by atoms with Crippen LogP contribution in [-0.2, 0) is 0 Å². The second kappa shape index (κ2) is 7.77. The van der Waals surface area contributed by atoms with Crippen molar-refractivity contribution in [3.63, 3.8) is 0 Å². The van der Waals surface area contributed by atoms with E-state index in [9.17, 15) is 10.2 Å². The van der Waals surface area contributed by atoms with Crippen LogP contribution in [0.3, 0.4) is 0 Å². The number of hydrogen-bond donors (Lipinski definition) is 4. The fourth-order valence-electron chi connectivity index (χ4n) is 1.65. The molecule has 4 heteroatoms. The maximum absolute atomic E-state index is 9.90. The van der Waals surface area contributed by atoms with E-state index >= 15 is 0 Å². The first-order chi connectivity index (χ1) is 9.02. The number of phenolic OH excluding ortho intramolecular Hbond substituents is 1. The molecule has 0 aliphatic carbocycles. The highest BCUT2D eigenvalue weighted by Gasteiger charge is 2.05. The molecule has 0 bridgehead atoms. The summed E-state index contributed by atoms with van der Waals surface area (Å²) in [5.41, 5.74) is 4.52. The molecule has 4 N–H and O–H groups in total. The molecular weight excluding hydrogens is 244 g/mol.